The Morgan fingerprint density at radius 2 is 2.11 bits per heavy atom. The summed E-state index contributed by atoms with van der Waals surface area (Å²) in [5.41, 5.74) is 8.85. The van der Waals surface area contributed by atoms with Gasteiger partial charge in [0.15, 0.2) is 0 Å². The summed E-state index contributed by atoms with van der Waals surface area (Å²) in [4.78, 5) is 10.1. The number of ether oxygens (including phenoxy) is 1. The second kappa shape index (κ2) is 5.86. The summed E-state index contributed by atoms with van der Waals surface area (Å²) < 4.78 is 4.69. The molecular weight excluding hydrogens is 230 g/mol. The number of rotatable bonds is 6. The van der Waals surface area contributed by atoms with Crippen molar-refractivity contribution in [2.45, 2.75) is 12.8 Å². The number of carbonyl (C=O) groups excluding carboxylic acids is 1. The molecule has 0 saturated carbocycles. The van der Waals surface area contributed by atoms with Crippen LogP contribution in [0.1, 0.15) is 16.8 Å². The largest absolute Gasteiger partial charge is 0.468 e. The normalized spacial score (nSPS) is 10.2. The fourth-order valence-corrected chi connectivity index (χ4v) is 1.85. The number of nitrogens with two attached hydrogens (primary N) is 1. The molecule has 1 heterocycles. The summed E-state index contributed by atoms with van der Waals surface area (Å²) in [6, 6.07) is 10.0. The van der Waals surface area contributed by atoms with Gasteiger partial charge in [-0.3, -0.25) is 9.89 Å². The van der Waals surface area contributed by atoms with Crippen LogP contribution in [0.3, 0.4) is 0 Å². The van der Waals surface area contributed by atoms with Gasteiger partial charge in [0.2, 0.25) is 0 Å². The van der Waals surface area contributed by atoms with Gasteiger partial charge in [0.05, 0.1) is 6.61 Å². The molecule has 3 N–H and O–H groups in total. The van der Waals surface area contributed by atoms with Crippen LogP contribution in [-0.2, 0) is 22.4 Å². The lowest BCUT2D eigenvalue weighted by Gasteiger charge is -2.04. The third-order valence-corrected chi connectivity index (χ3v) is 2.75. The number of nitrogens with zero attached hydrogens (tertiary/aromatic N) is 1. The first-order valence-electron chi connectivity index (χ1n) is 5.72. The SMILES string of the molecule is Nc1n[nH]c(Cc2ccccc2)c1CCOC=O. The molecule has 0 fully saturated rings. The molecule has 0 aliphatic heterocycles. The molecule has 0 aliphatic carbocycles. The lowest BCUT2D eigenvalue weighted by atomic mass is 10.1. The van der Waals surface area contributed by atoms with Crippen molar-refractivity contribution in [1.82, 2.24) is 10.2 Å². The molecule has 0 atom stereocenters. The molecule has 5 nitrogen and oxygen atoms in total. The Morgan fingerprint density at radius 1 is 1.33 bits per heavy atom. The molecule has 5 heteroatoms. The van der Waals surface area contributed by atoms with E-state index in [1.165, 1.54) is 5.56 Å². The molecule has 0 saturated heterocycles. The molecule has 1 aromatic heterocycles. The van der Waals surface area contributed by atoms with Gasteiger partial charge in [-0.05, 0) is 5.56 Å². The Kier molecular flexibility index (Phi) is 3.96. The van der Waals surface area contributed by atoms with Gasteiger partial charge < -0.3 is 10.5 Å². The van der Waals surface area contributed by atoms with E-state index < -0.39 is 0 Å². The van der Waals surface area contributed by atoms with E-state index in [-0.39, 0.29) is 0 Å². The summed E-state index contributed by atoms with van der Waals surface area (Å²) in [5.74, 6) is 0.468. The van der Waals surface area contributed by atoms with E-state index in [0.29, 0.717) is 25.3 Å². The number of aromatic amines is 1. The van der Waals surface area contributed by atoms with Crippen LogP contribution < -0.4 is 5.73 Å². The van der Waals surface area contributed by atoms with Crippen LogP contribution in [0.2, 0.25) is 0 Å². The Morgan fingerprint density at radius 3 is 2.83 bits per heavy atom. The van der Waals surface area contributed by atoms with E-state index in [2.05, 4.69) is 14.9 Å². The zero-order valence-electron chi connectivity index (χ0n) is 9.93. The maximum Gasteiger partial charge on any atom is 0.293 e. The number of anilines is 1. The Labute approximate surface area is 105 Å². The second-order valence-electron chi connectivity index (χ2n) is 3.95. The van der Waals surface area contributed by atoms with Gasteiger partial charge in [-0.2, -0.15) is 5.10 Å². The van der Waals surface area contributed by atoms with Crippen molar-refractivity contribution in [2.24, 2.45) is 0 Å². The van der Waals surface area contributed by atoms with Crippen LogP contribution in [0.25, 0.3) is 0 Å². The van der Waals surface area contributed by atoms with E-state index in [1.807, 2.05) is 30.3 Å². The predicted molar refractivity (Wildman–Crippen MR) is 68.0 cm³/mol. The van der Waals surface area contributed by atoms with Gasteiger partial charge in [0.1, 0.15) is 5.82 Å². The number of hydrogen-bond acceptors (Lipinski definition) is 4. The molecule has 0 unspecified atom stereocenters. The van der Waals surface area contributed by atoms with Gasteiger partial charge in [-0.1, -0.05) is 30.3 Å². The van der Waals surface area contributed by atoms with Gasteiger partial charge in [-0.15, -0.1) is 0 Å². The molecule has 0 radical (unpaired) electrons. The molecule has 0 bridgehead atoms. The monoisotopic (exact) mass is 245 g/mol. The molecule has 0 amide bonds. The number of nitrogens with one attached hydrogen (secondary N) is 1. The van der Waals surface area contributed by atoms with Crippen molar-refractivity contribution in [1.29, 1.82) is 0 Å². The van der Waals surface area contributed by atoms with Crippen LogP contribution in [0.15, 0.2) is 30.3 Å². The van der Waals surface area contributed by atoms with E-state index >= 15 is 0 Å². The number of carbonyl (C=O) groups is 1. The molecule has 0 spiro atoms. The van der Waals surface area contributed by atoms with Crippen molar-refractivity contribution < 1.29 is 9.53 Å². The number of H-pyrrole nitrogens is 1. The zero-order chi connectivity index (χ0) is 12.8. The molecule has 2 aromatic rings. The zero-order valence-corrected chi connectivity index (χ0v) is 9.93. The highest BCUT2D eigenvalue weighted by atomic mass is 16.5. The van der Waals surface area contributed by atoms with E-state index in [1.54, 1.807) is 0 Å². The Hall–Kier alpha value is -2.30. The minimum Gasteiger partial charge on any atom is -0.468 e. The topological polar surface area (TPSA) is 81.0 Å². The van der Waals surface area contributed by atoms with Gasteiger partial charge in [0, 0.05) is 24.1 Å². The first kappa shape index (κ1) is 12.2. The first-order chi connectivity index (χ1) is 8.81. The van der Waals surface area contributed by atoms with Gasteiger partial charge >= 0.3 is 0 Å². The van der Waals surface area contributed by atoms with Crippen LogP contribution >= 0.6 is 0 Å². The van der Waals surface area contributed by atoms with Crippen LogP contribution in [0, 0.1) is 0 Å². The van der Waals surface area contributed by atoms with Gasteiger partial charge in [0.25, 0.3) is 6.47 Å². The minimum atomic E-state index is 0.315. The molecule has 1 aromatic carbocycles. The quantitative estimate of drug-likeness (QED) is 0.593. The smallest absolute Gasteiger partial charge is 0.293 e. The highest BCUT2D eigenvalue weighted by molar-refractivity contribution is 5.44. The third kappa shape index (κ3) is 2.88. The fraction of sp³-hybridized carbons (Fsp3) is 0.231. The standard InChI is InChI=1S/C13H15N3O2/c14-13-11(6-7-18-9-17)12(15-16-13)8-10-4-2-1-3-5-10/h1-5,9H,6-8H2,(H3,14,15,16). The highest BCUT2D eigenvalue weighted by Crippen LogP contribution is 2.17. The van der Waals surface area contributed by atoms with Gasteiger partial charge in [-0.25, -0.2) is 0 Å². The number of nitrogen functional groups attached to an aromatic ring is 1. The maximum absolute atomic E-state index is 10.1. The van der Waals surface area contributed by atoms with Crippen molar-refractivity contribution in [2.75, 3.05) is 12.3 Å². The van der Waals surface area contributed by atoms with Crippen molar-refractivity contribution >= 4 is 12.3 Å². The summed E-state index contributed by atoms with van der Waals surface area (Å²) in [5, 5.41) is 6.93. The number of benzene rings is 1. The van der Waals surface area contributed by atoms with Crippen LogP contribution in [0.5, 0.6) is 0 Å². The number of aromatic nitrogens is 2. The summed E-state index contributed by atoms with van der Waals surface area (Å²) in [7, 11) is 0. The van der Waals surface area contributed by atoms with E-state index in [4.69, 9.17) is 5.73 Å². The van der Waals surface area contributed by atoms with E-state index in [9.17, 15) is 4.79 Å². The van der Waals surface area contributed by atoms with Crippen molar-refractivity contribution in [3.05, 3.63) is 47.2 Å². The first-order valence-corrected chi connectivity index (χ1v) is 5.72. The molecular formula is C13H15N3O2. The molecule has 2 rings (SSSR count). The van der Waals surface area contributed by atoms with Crippen LogP contribution in [-0.4, -0.2) is 23.3 Å². The minimum absolute atomic E-state index is 0.315. The predicted octanol–water partition coefficient (Wildman–Crippen LogP) is 1.30. The third-order valence-electron chi connectivity index (χ3n) is 2.75. The number of hydrogen-bond donors (Lipinski definition) is 2. The average molecular weight is 245 g/mol. The lowest BCUT2D eigenvalue weighted by Crippen LogP contribution is -2.02. The summed E-state index contributed by atoms with van der Waals surface area (Å²) in [6.45, 7) is 0.752. The molecule has 0 aliphatic rings. The van der Waals surface area contributed by atoms with Crippen molar-refractivity contribution in [3.8, 4) is 0 Å². The highest BCUT2D eigenvalue weighted by Gasteiger charge is 2.11. The average Bonchev–Trinajstić information content (AvgIpc) is 2.73. The second-order valence-corrected chi connectivity index (χ2v) is 3.95. The summed E-state index contributed by atoms with van der Waals surface area (Å²) in [6.07, 6.45) is 1.31. The Bertz CT molecular complexity index is 508. The molecule has 94 valence electrons. The molecule has 18 heavy (non-hydrogen) atoms. The maximum atomic E-state index is 10.1. The summed E-state index contributed by atoms with van der Waals surface area (Å²) >= 11 is 0. The van der Waals surface area contributed by atoms with Crippen molar-refractivity contribution in [3.63, 3.8) is 0 Å². The Balaban J connectivity index is 2.10. The van der Waals surface area contributed by atoms with E-state index in [0.717, 1.165) is 17.7 Å². The fourth-order valence-electron chi connectivity index (χ4n) is 1.85. The lowest BCUT2D eigenvalue weighted by molar-refractivity contribution is -0.128. The van der Waals surface area contributed by atoms with Crippen LogP contribution in [0.4, 0.5) is 5.82 Å².